The Morgan fingerprint density at radius 1 is 0.786 bits per heavy atom. The molecule has 0 bridgehead atoms. The van der Waals surface area contributed by atoms with Gasteiger partial charge in [-0.1, -0.05) is 30.3 Å². The maximum absolute atomic E-state index is 12.1. The van der Waals surface area contributed by atoms with Gasteiger partial charge in [-0.25, -0.2) is 0 Å². The van der Waals surface area contributed by atoms with Gasteiger partial charge in [-0.05, 0) is 33.3 Å². The van der Waals surface area contributed by atoms with Gasteiger partial charge in [0.2, 0.25) is 0 Å². The second-order valence-corrected chi connectivity index (χ2v) is 11.7. The molecule has 10 atom stereocenters. The molecular weight excluding hydrogens is 556 g/mol. The number of hydrogen-bond donors (Lipinski definition) is 1. The molecule has 13 heteroatoms. The van der Waals surface area contributed by atoms with E-state index in [-0.39, 0.29) is 19.8 Å². The number of carbonyl (C=O) groups is 2. The SMILES string of the molecule is CC(=O)OCC1OC(OCC2O[C@@H]3OC(C)(C)OC3C3OC(C)(C)O[C@@H]23)C(OCc2ccccc2)C(OC(C)=O)[C@@H]1O. The lowest BCUT2D eigenvalue weighted by Gasteiger charge is -2.44. The minimum Gasteiger partial charge on any atom is -0.463 e. The summed E-state index contributed by atoms with van der Waals surface area (Å²) in [5.41, 5.74) is 0.846. The molecule has 0 amide bonds. The third-order valence-electron chi connectivity index (χ3n) is 7.33. The first-order valence-corrected chi connectivity index (χ1v) is 14.1. The van der Waals surface area contributed by atoms with Gasteiger partial charge in [-0.3, -0.25) is 9.59 Å². The highest BCUT2D eigenvalue weighted by atomic mass is 16.9. The highest BCUT2D eigenvalue weighted by Gasteiger charge is 2.61. The van der Waals surface area contributed by atoms with Crippen LogP contribution in [0.15, 0.2) is 30.3 Å². The van der Waals surface area contributed by atoms with Crippen LogP contribution in [0.1, 0.15) is 47.1 Å². The van der Waals surface area contributed by atoms with Crippen molar-refractivity contribution in [1.29, 1.82) is 0 Å². The van der Waals surface area contributed by atoms with Crippen molar-refractivity contribution in [2.75, 3.05) is 13.2 Å². The zero-order valence-electron chi connectivity index (χ0n) is 24.6. The van der Waals surface area contributed by atoms with E-state index in [2.05, 4.69) is 0 Å². The summed E-state index contributed by atoms with van der Waals surface area (Å²) in [5.74, 6) is -2.98. The number of benzene rings is 1. The largest absolute Gasteiger partial charge is 0.463 e. The summed E-state index contributed by atoms with van der Waals surface area (Å²) in [6.07, 6.45) is -8.78. The first kappa shape index (κ1) is 31.2. The summed E-state index contributed by atoms with van der Waals surface area (Å²) in [6.45, 7) is 9.44. The lowest BCUT2D eigenvalue weighted by Crippen LogP contribution is -2.62. The van der Waals surface area contributed by atoms with Crippen LogP contribution in [-0.4, -0.2) is 103 Å². The first-order chi connectivity index (χ1) is 19.8. The Hall–Kier alpha value is -2.20. The number of rotatable bonds is 9. The van der Waals surface area contributed by atoms with E-state index < -0.39 is 84.9 Å². The van der Waals surface area contributed by atoms with Crippen molar-refractivity contribution in [2.45, 2.75) is 121 Å². The van der Waals surface area contributed by atoms with Gasteiger partial charge in [0.05, 0.1) is 13.2 Å². The van der Waals surface area contributed by atoms with Crippen LogP contribution < -0.4 is 0 Å². The summed E-state index contributed by atoms with van der Waals surface area (Å²) in [7, 11) is 0. The molecule has 4 saturated heterocycles. The van der Waals surface area contributed by atoms with Gasteiger partial charge in [0.25, 0.3) is 0 Å². The van der Waals surface area contributed by atoms with Crippen LogP contribution in [0.4, 0.5) is 0 Å². The van der Waals surface area contributed by atoms with E-state index in [1.807, 2.05) is 44.2 Å². The number of fused-ring (bicyclic) bond motifs is 3. The topological polar surface area (TPSA) is 147 Å². The number of esters is 2. The number of carbonyl (C=O) groups excluding carboxylic acids is 2. The summed E-state index contributed by atoms with van der Waals surface area (Å²) in [6, 6.07) is 9.35. The van der Waals surface area contributed by atoms with Gasteiger partial charge >= 0.3 is 11.9 Å². The molecule has 42 heavy (non-hydrogen) atoms. The molecule has 0 radical (unpaired) electrons. The fourth-order valence-corrected chi connectivity index (χ4v) is 5.65. The molecule has 13 nitrogen and oxygen atoms in total. The zero-order chi connectivity index (χ0) is 30.2. The summed E-state index contributed by atoms with van der Waals surface area (Å²) >= 11 is 0. The van der Waals surface area contributed by atoms with Crippen molar-refractivity contribution in [2.24, 2.45) is 0 Å². The van der Waals surface area contributed by atoms with E-state index in [0.717, 1.165) is 5.56 Å². The number of hydrogen-bond acceptors (Lipinski definition) is 13. The van der Waals surface area contributed by atoms with Crippen LogP contribution >= 0.6 is 0 Å². The molecule has 0 aliphatic carbocycles. The minimum atomic E-state index is -1.37. The molecular formula is C29H40O13. The predicted molar refractivity (Wildman–Crippen MR) is 140 cm³/mol. The molecule has 4 aliphatic heterocycles. The molecule has 4 heterocycles. The van der Waals surface area contributed by atoms with Crippen LogP contribution in [0.2, 0.25) is 0 Å². The van der Waals surface area contributed by atoms with Gasteiger partial charge in [-0.15, -0.1) is 0 Å². The summed E-state index contributed by atoms with van der Waals surface area (Å²) in [4.78, 5) is 23.6. The van der Waals surface area contributed by atoms with Crippen LogP contribution in [0.25, 0.3) is 0 Å². The van der Waals surface area contributed by atoms with Crippen LogP contribution in [0, 0.1) is 0 Å². The van der Waals surface area contributed by atoms with Crippen LogP contribution in [0.3, 0.4) is 0 Å². The quantitative estimate of drug-likeness (QED) is 0.412. The Balaban J connectivity index is 1.36. The standard InChI is InChI=1S/C29H40O13/c1-15(30)33-13-18-20(32)22(36-16(2)31)24(34-12-17-10-8-7-9-11-17)26(37-18)35-14-19-21-23(40-28(3,4)39-21)25-27(38-19)42-29(5,6)41-25/h7-11,18-27,32H,12-14H2,1-6H3/t18?,19?,20-,21+,22?,23?,24?,25?,26?,27-/m1/s1. The third-order valence-corrected chi connectivity index (χ3v) is 7.33. The molecule has 5 rings (SSSR count). The number of ether oxygens (including phenoxy) is 10. The average molecular weight is 597 g/mol. The monoisotopic (exact) mass is 596 g/mol. The maximum Gasteiger partial charge on any atom is 0.303 e. The van der Waals surface area contributed by atoms with Gasteiger partial charge in [0.15, 0.2) is 30.3 Å². The highest BCUT2D eigenvalue weighted by Crippen LogP contribution is 2.44. The molecule has 4 fully saturated rings. The van der Waals surface area contributed by atoms with Crippen molar-refractivity contribution >= 4 is 11.9 Å². The van der Waals surface area contributed by atoms with Crippen LogP contribution in [0.5, 0.6) is 0 Å². The lowest BCUT2D eigenvalue weighted by atomic mass is 9.98. The average Bonchev–Trinajstić information content (AvgIpc) is 3.41. The Labute approximate surface area is 244 Å². The normalized spacial score (nSPS) is 38.4. The second kappa shape index (κ2) is 12.4. The predicted octanol–water partition coefficient (Wildman–Crippen LogP) is 1.57. The molecule has 7 unspecified atom stereocenters. The Morgan fingerprint density at radius 2 is 1.45 bits per heavy atom. The third kappa shape index (κ3) is 7.12. The van der Waals surface area contributed by atoms with Crippen molar-refractivity contribution in [3.05, 3.63) is 35.9 Å². The molecule has 234 valence electrons. The fraction of sp³-hybridized carbons (Fsp3) is 0.724. The van der Waals surface area contributed by atoms with Gasteiger partial charge < -0.3 is 52.5 Å². The van der Waals surface area contributed by atoms with E-state index in [1.54, 1.807) is 13.8 Å². The van der Waals surface area contributed by atoms with E-state index in [9.17, 15) is 14.7 Å². The van der Waals surface area contributed by atoms with Gasteiger partial charge in [-0.2, -0.15) is 0 Å². The van der Waals surface area contributed by atoms with E-state index >= 15 is 0 Å². The Bertz CT molecular complexity index is 1090. The molecule has 0 aromatic heterocycles. The van der Waals surface area contributed by atoms with E-state index in [1.165, 1.54) is 13.8 Å². The lowest BCUT2D eigenvalue weighted by molar-refractivity contribution is -0.325. The maximum atomic E-state index is 12.1. The van der Waals surface area contributed by atoms with E-state index in [0.29, 0.717) is 0 Å². The number of aliphatic hydroxyl groups excluding tert-OH is 1. The molecule has 4 aliphatic rings. The number of aliphatic hydroxyl groups is 1. The molecule has 1 N–H and O–H groups in total. The molecule has 0 saturated carbocycles. The Morgan fingerprint density at radius 3 is 2.14 bits per heavy atom. The molecule has 1 aromatic rings. The highest BCUT2D eigenvalue weighted by molar-refractivity contribution is 5.66. The minimum absolute atomic E-state index is 0.0628. The summed E-state index contributed by atoms with van der Waals surface area (Å²) in [5, 5.41) is 11.1. The van der Waals surface area contributed by atoms with Gasteiger partial charge in [0, 0.05) is 13.8 Å². The Kier molecular flexibility index (Phi) is 9.24. The van der Waals surface area contributed by atoms with Crippen molar-refractivity contribution in [3.8, 4) is 0 Å². The fourth-order valence-electron chi connectivity index (χ4n) is 5.65. The van der Waals surface area contributed by atoms with Gasteiger partial charge in [0.1, 0.15) is 49.3 Å². The smallest absolute Gasteiger partial charge is 0.303 e. The van der Waals surface area contributed by atoms with Crippen molar-refractivity contribution < 1.29 is 62.1 Å². The van der Waals surface area contributed by atoms with Crippen LogP contribution in [-0.2, 0) is 63.6 Å². The first-order valence-electron chi connectivity index (χ1n) is 14.1. The van der Waals surface area contributed by atoms with E-state index in [4.69, 9.17) is 47.4 Å². The van der Waals surface area contributed by atoms with Crippen molar-refractivity contribution in [3.63, 3.8) is 0 Å². The van der Waals surface area contributed by atoms with Crippen molar-refractivity contribution in [1.82, 2.24) is 0 Å². The summed E-state index contributed by atoms with van der Waals surface area (Å²) < 4.78 is 59.8. The molecule has 1 aromatic carbocycles. The zero-order valence-corrected chi connectivity index (χ0v) is 24.6. The molecule has 0 spiro atoms. The second-order valence-electron chi connectivity index (χ2n) is 11.7.